The summed E-state index contributed by atoms with van der Waals surface area (Å²) in [4.78, 5) is -0.376. The molecule has 0 aliphatic carbocycles. The lowest BCUT2D eigenvalue weighted by Gasteiger charge is -2.09. The Morgan fingerprint density at radius 1 is 1.24 bits per heavy atom. The van der Waals surface area contributed by atoms with E-state index in [9.17, 15) is 12.8 Å². The van der Waals surface area contributed by atoms with Crippen LogP contribution in [0.5, 0.6) is 0 Å². The van der Waals surface area contributed by atoms with E-state index < -0.39 is 15.8 Å². The number of hydrogen-bond donors (Lipinski definition) is 2. The predicted molar refractivity (Wildman–Crippen MR) is 75.2 cm³/mol. The van der Waals surface area contributed by atoms with Crippen molar-refractivity contribution in [2.75, 3.05) is 7.05 Å². The number of nitrogens with one attached hydrogen (secondary N) is 2. The van der Waals surface area contributed by atoms with Crippen LogP contribution in [0.2, 0.25) is 0 Å². The fourth-order valence-electron chi connectivity index (χ4n) is 1.74. The summed E-state index contributed by atoms with van der Waals surface area (Å²) in [7, 11) is -2.22. The Bertz CT molecular complexity index is 707. The molecular weight excluding hydrogens is 295 g/mol. The number of sulfonamides is 1. The standard InChI is InChI=1S/C13H15FN4O2S/c1-15-8-10-4-5-12(14)13(7-10)21(19,20)17-9-11-3-2-6-16-18-11/h2-7,15,17H,8-9H2,1H3. The molecule has 6 nitrogen and oxygen atoms in total. The van der Waals surface area contributed by atoms with Gasteiger partial charge in [-0.1, -0.05) is 6.07 Å². The maximum Gasteiger partial charge on any atom is 0.243 e. The van der Waals surface area contributed by atoms with Crippen molar-refractivity contribution in [2.45, 2.75) is 18.0 Å². The molecule has 0 aliphatic rings. The number of halogens is 1. The van der Waals surface area contributed by atoms with Crippen molar-refractivity contribution in [3.8, 4) is 0 Å². The molecule has 0 bridgehead atoms. The van der Waals surface area contributed by atoms with Crippen LogP contribution in [-0.4, -0.2) is 25.7 Å². The smallest absolute Gasteiger partial charge is 0.243 e. The van der Waals surface area contributed by atoms with E-state index in [1.807, 2.05) is 0 Å². The zero-order valence-corrected chi connectivity index (χ0v) is 12.2. The Balaban J connectivity index is 2.21. The Morgan fingerprint density at radius 2 is 2.05 bits per heavy atom. The first-order valence-corrected chi connectivity index (χ1v) is 7.70. The zero-order valence-electron chi connectivity index (χ0n) is 11.4. The Kier molecular flexibility index (Phi) is 4.94. The molecule has 112 valence electrons. The van der Waals surface area contributed by atoms with Gasteiger partial charge in [0.1, 0.15) is 10.7 Å². The SMILES string of the molecule is CNCc1ccc(F)c(S(=O)(=O)NCc2cccnn2)c1. The molecule has 0 radical (unpaired) electrons. The van der Waals surface area contributed by atoms with Crippen LogP contribution < -0.4 is 10.0 Å². The van der Waals surface area contributed by atoms with Gasteiger partial charge in [-0.15, -0.1) is 0 Å². The normalized spacial score (nSPS) is 11.5. The van der Waals surface area contributed by atoms with Crippen LogP contribution in [0.3, 0.4) is 0 Å². The summed E-state index contributed by atoms with van der Waals surface area (Å²) in [5.74, 6) is -0.790. The second-order valence-corrected chi connectivity index (χ2v) is 6.07. The molecule has 1 heterocycles. The molecular formula is C13H15FN4O2S. The van der Waals surface area contributed by atoms with Crippen LogP contribution in [0, 0.1) is 5.82 Å². The maximum absolute atomic E-state index is 13.8. The van der Waals surface area contributed by atoms with Gasteiger partial charge in [-0.25, -0.2) is 17.5 Å². The van der Waals surface area contributed by atoms with Crippen LogP contribution in [-0.2, 0) is 23.1 Å². The maximum atomic E-state index is 13.8. The molecule has 0 aliphatic heterocycles. The Morgan fingerprint density at radius 3 is 2.71 bits per heavy atom. The number of aromatic nitrogens is 2. The first-order chi connectivity index (χ1) is 10.0. The lowest BCUT2D eigenvalue weighted by molar-refractivity contribution is 0.555. The van der Waals surface area contributed by atoms with Gasteiger partial charge in [0.15, 0.2) is 0 Å². The van der Waals surface area contributed by atoms with E-state index in [1.165, 1.54) is 18.3 Å². The fraction of sp³-hybridized carbons (Fsp3) is 0.231. The van der Waals surface area contributed by atoms with Gasteiger partial charge >= 0.3 is 0 Å². The van der Waals surface area contributed by atoms with Crippen molar-refractivity contribution < 1.29 is 12.8 Å². The van der Waals surface area contributed by atoms with Crippen LogP contribution in [0.15, 0.2) is 41.4 Å². The number of nitrogens with zero attached hydrogens (tertiary/aromatic N) is 2. The lowest BCUT2D eigenvalue weighted by atomic mass is 10.2. The monoisotopic (exact) mass is 310 g/mol. The minimum atomic E-state index is -3.95. The third kappa shape index (κ3) is 4.03. The molecule has 2 rings (SSSR count). The highest BCUT2D eigenvalue weighted by atomic mass is 32.2. The first kappa shape index (κ1) is 15.5. The third-order valence-corrected chi connectivity index (χ3v) is 4.15. The molecule has 1 aromatic carbocycles. The summed E-state index contributed by atoms with van der Waals surface area (Å²) >= 11 is 0. The number of hydrogen-bond acceptors (Lipinski definition) is 5. The topological polar surface area (TPSA) is 84.0 Å². The van der Waals surface area contributed by atoms with Crippen molar-refractivity contribution in [1.29, 1.82) is 0 Å². The van der Waals surface area contributed by atoms with Gasteiger partial charge in [0.25, 0.3) is 0 Å². The van der Waals surface area contributed by atoms with Gasteiger partial charge in [-0.2, -0.15) is 10.2 Å². The Hall–Kier alpha value is -1.90. The van der Waals surface area contributed by atoms with Gasteiger partial charge in [-0.3, -0.25) is 0 Å². The molecule has 0 spiro atoms. The molecule has 0 saturated carbocycles. The zero-order chi connectivity index (χ0) is 15.3. The highest BCUT2D eigenvalue weighted by molar-refractivity contribution is 7.89. The summed E-state index contributed by atoms with van der Waals surface area (Å²) in [6, 6.07) is 7.26. The highest BCUT2D eigenvalue weighted by Crippen LogP contribution is 2.16. The van der Waals surface area contributed by atoms with E-state index in [-0.39, 0.29) is 11.4 Å². The van der Waals surface area contributed by atoms with Crippen LogP contribution in [0.4, 0.5) is 4.39 Å². The van der Waals surface area contributed by atoms with Crippen molar-refractivity contribution >= 4 is 10.0 Å². The minimum Gasteiger partial charge on any atom is -0.316 e. The number of rotatable bonds is 6. The Labute approximate surface area is 122 Å². The van der Waals surface area contributed by atoms with Crippen molar-refractivity contribution in [2.24, 2.45) is 0 Å². The van der Waals surface area contributed by atoms with E-state index in [2.05, 4.69) is 20.2 Å². The average Bonchev–Trinajstić information content (AvgIpc) is 2.48. The fourth-order valence-corrected chi connectivity index (χ4v) is 2.87. The summed E-state index contributed by atoms with van der Waals surface area (Å²) in [6.45, 7) is 0.402. The summed E-state index contributed by atoms with van der Waals surface area (Å²) < 4.78 is 40.4. The van der Waals surface area contributed by atoms with E-state index in [0.29, 0.717) is 17.8 Å². The van der Waals surface area contributed by atoms with Gasteiger partial charge in [0.2, 0.25) is 10.0 Å². The molecule has 2 aromatic rings. The molecule has 0 amide bonds. The average molecular weight is 310 g/mol. The minimum absolute atomic E-state index is 0.0497. The third-order valence-electron chi connectivity index (χ3n) is 2.74. The van der Waals surface area contributed by atoms with Gasteiger partial charge < -0.3 is 5.32 Å². The molecule has 0 saturated heterocycles. The quantitative estimate of drug-likeness (QED) is 0.825. The van der Waals surface area contributed by atoms with Crippen LogP contribution in [0.25, 0.3) is 0 Å². The van der Waals surface area contributed by atoms with E-state index in [0.717, 1.165) is 6.07 Å². The second-order valence-electron chi connectivity index (χ2n) is 4.33. The van der Waals surface area contributed by atoms with Crippen molar-refractivity contribution in [3.05, 3.63) is 53.6 Å². The van der Waals surface area contributed by atoms with Crippen molar-refractivity contribution in [3.63, 3.8) is 0 Å². The van der Waals surface area contributed by atoms with Gasteiger partial charge in [0, 0.05) is 12.7 Å². The van der Waals surface area contributed by atoms with Gasteiger partial charge in [-0.05, 0) is 36.9 Å². The molecule has 0 fully saturated rings. The predicted octanol–water partition coefficient (Wildman–Crippen LogP) is 0.814. The summed E-state index contributed by atoms with van der Waals surface area (Å²) in [5.41, 5.74) is 1.13. The second kappa shape index (κ2) is 6.70. The molecule has 2 N–H and O–H groups in total. The molecule has 8 heteroatoms. The molecule has 0 atom stereocenters. The summed E-state index contributed by atoms with van der Waals surface area (Å²) in [5, 5.41) is 10.3. The highest BCUT2D eigenvalue weighted by Gasteiger charge is 2.19. The number of benzene rings is 1. The molecule has 0 unspecified atom stereocenters. The largest absolute Gasteiger partial charge is 0.316 e. The molecule has 1 aromatic heterocycles. The van der Waals surface area contributed by atoms with Gasteiger partial charge in [0.05, 0.1) is 12.2 Å². The van der Waals surface area contributed by atoms with Crippen LogP contribution in [0.1, 0.15) is 11.3 Å². The van der Waals surface area contributed by atoms with E-state index in [1.54, 1.807) is 19.2 Å². The summed E-state index contributed by atoms with van der Waals surface area (Å²) in [6.07, 6.45) is 1.49. The van der Waals surface area contributed by atoms with E-state index in [4.69, 9.17) is 0 Å². The van der Waals surface area contributed by atoms with Crippen molar-refractivity contribution in [1.82, 2.24) is 20.2 Å². The first-order valence-electron chi connectivity index (χ1n) is 6.22. The molecule has 21 heavy (non-hydrogen) atoms. The van der Waals surface area contributed by atoms with Crippen LogP contribution >= 0.6 is 0 Å². The lowest BCUT2D eigenvalue weighted by Crippen LogP contribution is -2.25. The van der Waals surface area contributed by atoms with E-state index >= 15 is 0 Å².